The van der Waals surface area contributed by atoms with Crippen LogP contribution in [0.25, 0.3) is 0 Å². The van der Waals surface area contributed by atoms with Gasteiger partial charge >= 0.3 is 0 Å². The van der Waals surface area contributed by atoms with Gasteiger partial charge in [-0.3, -0.25) is 9.59 Å². The minimum atomic E-state index is -0.0963. The average molecular weight is 393 g/mol. The molecule has 4 unspecified atom stereocenters. The monoisotopic (exact) mass is 392 g/mol. The van der Waals surface area contributed by atoms with Crippen LogP contribution in [0.1, 0.15) is 52.9 Å². The first-order valence-electron chi connectivity index (χ1n) is 9.91. The fourth-order valence-electron chi connectivity index (χ4n) is 4.07. The van der Waals surface area contributed by atoms with Crippen molar-refractivity contribution in [3.8, 4) is 5.75 Å². The minimum Gasteiger partial charge on any atom is -0.487 e. The van der Waals surface area contributed by atoms with E-state index in [0.717, 1.165) is 12.8 Å². The van der Waals surface area contributed by atoms with Crippen molar-refractivity contribution in [3.05, 3.63) is 23.2 Å². The molecule has 1 aliphatic carbocycles. The quantitative estimate of drug-likeness (QED) is 0.836. The highest BCUT2D eigenvalue weighted by Gasteiger charge is 2.30. The highest BCUT2D eigenvalue weighted by atomic mass is 35.5. The minimum absolute atomic E-state index is 0.0399. The Morgan fingerprint density at radius 1 is 1.22 bits per heavy atom. The lowest BCUT2D eigenvalue weighted by Gasteiger charge is -2.35. The van der Waals surface area contributed by atoms with Crippen LogP contribution < -0.4 is 15.0 Å². The molecule has 1 heterocycles. The Balaban J connectivity index is 1.58. The van der Waals surface area contributed by atoms with Crippen LogP contribution in [-0.4, -0.2) is 30.5 Å². The van der Waals surface area contributed by atoms with Gasteiger partial charge in [0, 0.05) is 23.9 Å². The lowest BCUT2D eigenvalue weighted by molar-refractivity contribution is -0.126. The molecule has 0 spiro atoms. The van der Waals surface area contributed by atoms with E-state index in [-0.39, 0.29) is 36.8 Å². The third kappa shape index (κ3) is 4.75. The van der Waals surface area contributed by atoms with Gasteiger partial charge in [-0.2, -0.15) is 0 Å². The summed E-state index contributed by atoms with van der Waals surface area (Å²) in [5, 5.41) is 3.70. The SMILES string of the molecule is CC1CN(C(=O)CCC(=O)NC2CCCC(C)C2C)c2cc(Cl)ccc2O1. The van der Waals surface area contributed by atoms with Gasteiger partial charge in [-0.1, -0.05) is 38.3 Å². The van der Waals surface area contributed by atoms with E-state index in [1.807, 2.05) is 6.92 Å². The van der Waals surface area contributed by atoms with Crippen LogP contribution in [-0.2, 0) is 9.59 Å². The van der Waals surface area contributed by atoms with Gasteiger partial charge < -0.3 is 15.0 Å². The molecule has 0 radical (unpaired) electrons. The average Bonchev–Trinajstić information content (AvgIpc) is 2.63. The molecule has 27 heavy (non-hydrogen) atoms. The maximum atomic E-state index is 12.8. The summed E-state index contributed by atoms with van der Waals surface area (Å²) in [6.07, 6.45) is 3.69. The zero-order chi connectivity index (χ0) is 19.6. The number of nitrogens with zero attached hydrogens (tertiary/aromatic N) is 1. The normalized spacial score (nSPS) is 27.5. The smallest absolute Gasteiger partial charge is 0.227 e. The highest BCUT2D eigenvalue weighted by molar-refractivity contribution is 6.31. The van der Waals surface area contributed by atoms with Crippen LogP contribution in [0.15, 0.2) is 18.2 Å². The van der Waals surface area contributed by atoms with Gasteiger partial charge in [0.15, 0.2) is 0 Å². The van der Waals surface area contributed by atoms with Crippen molar-refractivity contribution in [1.29, 1.82) is 0 Å². The summed E-state index contributed by atoms with van der Waals surface area (Å²) in [7, 11) is 0. The molecule has 1 fully saturated rings. The summed E-state index contributed by atoms with van der Waals surface area (Å²) in [6, 6.07) is 5.50. The molecule has 2 amide bonds. The number of carbonyl (C=O) groups is 2. The van der Waals surface area contributed by atoms with E-state index in [4.69, 9.17) is 16.3 Å². The first-order valence-corrected chi connectivity index (χ1v) is 10.3. The van der Waals surface area contributed by atoms with Crippen LogP contribution >= 0.6 is 11.6 Å². The first kappa shape index (κ1) is 20.0. The van der Waals surface area contributed by atoms with Crippen molar-refractivity contribution in [3.63, 3.8) is 0 Å². The number of carbonyl (C=O) groups excluding carboxylic acids is 2. The molecule has 5 nitrogen and oxygen atoms in total. The van der Waals surface area contributed by atoms with Crippen molar-refractivity contribution in [2.24, 2.45) is 11.8 Å². The number of nitrogens with one attached hydrogen (secondary N) is 1. The Morgan fingerprint density at radius 2 is 2.00 bits per heavy atom. The number of halogens is 1. The van der Waals surface area contributed by atoms with E-state index in [1.165, 1.54) is 6.42 Å². The zero-order valence-corrected chi connectivity index (χ0v) is 17.1. The van der Waals surface area contributed by atoms with Crippen molar-refractivity contribution in [2.75, 3.05) is 11.4 Å². The van der Waals surface area contributed by atoms with Crippen LogP contribution in [0.4, 0.5) is 5.69 Å². The molecule has 6 heteroatoms. The van der Waals surface area contributed by atoms with E-state index in [0.29, 0.717) is 34.8 Å². The summed E-state index contributed by atoms with van der Waals surface area (Å²) in [6.45, 7) is 6.84. The Labute approximate surface area is 166 Å². The Hall–Kier alpha value is -1.75. The van der Waals surface area contributed by atoms with Gasteiger partial charge in [-0.15, -0.1) is 0 Å². The van der Waals surface area contributed by atoms with Crippen molar-refractivity contribution < 1.29 is 14.3 Å². The fraction of sp³-hybridized carbons (Fsp3) is 0.619. The molecule has 1 aliphatic heterocycles. The topological polar surface area (TPSA) is 58.6 Å². The molecule has 1 saturated carbocycles. The molecule has 3 rings (SSSR count). The van der Waals surface area contributed by atoms with Crippen LogP contribution in [0, 0.1) is 11.8 Å². The second-order valence-corrected chi connectivity index (χ2v) is 8.42. The summed E-state index contributed by atoms with van der Waals surface area (Å²) in [5.41, 5.74) is 0.681. The fourth-order valence-corrected chi connectivity index (χ4v) is 4.23. The van der Waals surface area contributed by atoms with Crippen LogP contribution in [0.3, 0.4) is 0 Å². The molecular weight excluding hydrogens is 364 g/mol. The number of rotatable bonds is 4. The Kier molecular flexibility index (Phi) is 6.30. The lowest BCUT2D eigenvalue weighted by Crippen LogP contribution is -2.45. The van der Waals surface area contributed by atoms with Crippen molar-refractivity contribution >= 4 is 29.1 Å². The van der Waals surface area contributed by atoms with Gasteiger partial charge in [0.2, 0.25) is 11.8 Å². The molecule has 148 valence electrons. The van der Waals surface area contributed by atoms with Gasteiger partial charge in [0.25, 0.3) is 0 Å². The van der Waals surface area contributed by atoms with E-state index in [1.54, 1.807) is 23.1 Å². The third-order valence-corrected chi connectivity index (χ3v) is 6.13. The third-order valence-electron chi connectivity index (χ3n) is 5.90. The molecular formula is C21H29ClN2O3. The summed E-state index contributed by atoms with van der Waals surface area (Å²) >= 11 is 6.09. The molecule has 1 aromatic carbocycles. The standard InChI is InChI=1S/C21H29ClN2O3/c1-13-5-4-6-17(15(13)3)23-20(25)9-10-21(26)24-12-14(2)27-19-8-7-16(22)11-18(19)24/h7-8,11,13-15,17H,4-6,9-10,12H2,1-3H3,(H,23,25). The molecule has 0 saturated heterocycles. The van der Waals surface area contributed by atoms with E-state index in [2.05, 4.69) is 19.2 Å². The van der Waals surface area contributed by atoms with E-state index in [9.17, 15) is 9.59 Å². The number of fused-ring (bicyclic) bond motifs is 1. The maximum Gasteiger partial charge on any atom is 0.227 e. The second-order valence-electron chi connectivity index (χ2n) is 7.99. The highest BCUT2D eigenvalue weighted by Crippen LogP contribution is 2.36. The first-order chi connectivity index (χ1) is 12.8. The largest absolute Gasteiger partial charge is 0.487 e. The number of amides is 2. The molecule has 0 bridgehead atoms. The zero-order valence-electron chi connectivity index (χ0n) is 16.3. The molecule has 1 N–H and O–H groups in total. The summed E-state index contributed by atoms with van der Waals surface area (Å²) < 4.78 is 5.78. The molecule has 4 atom stereocenters. The van der Waals surface area contributed by atoms with Gasteiger partial charge in [-0.25, -0.2) is 0 Å². The van der Waals surface area contributed by atoms with Gasteiger partial charge in [0.05, 0.1) is 12.2 Å². The van der Waals surface area contributed by atoms with Crippen molar-refractivity contribution in [2.45, 2.75) is 65.0 Å². The predicted molar refractivity (Wildman–Crippen MR) is 107 cm³/mol. The number of hydrogen-bond donors (Lipinski definition) is 1. The second kappa shape index (κ2) is 8.51. The van der Waals surface area contributed by atoms with Crippen LogP contribution in [0.2, 0.25) is 5.02 Å². The summed E-state index contributed by atoms with van der Waals surface area (Å²) in [5.74, 6) is 1.64. The van der Waals surface area contributed by atoms with Gasteiger partial charge in [-0.05, 0) is 43.4 Å². The summed E-state index contributed by atoms with van der Waals surface area (Å²) in [4.78, 5) is 26.9. The predicted octanol–water partition coefficient (Wildman–Crippen LogP) is 4.18. The maximum absolute atomic E-state index is 12.8. The number of anilines is 1. The number of hydrogen-bond acceptors (Lipinski definition) is 3. The van der Waals surface area contributed by atoms with Gasteiger partial charge in [0.1, 0.15) is 11.9 Å². The van der Waals surface area contributed by atoms with Crippen LogP contribution in [0.5, 0.6) is 5.75 Å². The lowest BCUT2D eigenvalue weighted by atomic mass is 9.78. The Morgan fingerprint density at radius 3 is 2.78 bits per heavy atom. The van der Waals surface area contributed by atoms with E-state index < -0.39 is 0 Å². The van der Waals surface area contributed by atoms with E-state index >= 15 is 0 Å². The molecule has 0 aromatic heterocycles. The van der Waals surface area contributed by atoms with Crippen molar-refractivity contribution in [1.82, 2.24) is 5.32 Å². The number of ether oxygens (including phenoxy) is 1. The molecule has 1 aromatic rings. The number of benzene rings is 1. The molecule has 2 aliphatic rings. The Bertz CT molecular complexity index is 709.